The molecule has 0 radical (unpaired) electrons. The highest BCUT2D eigenvalue weighted by molar-refractivity contribution is 6.29. The highest BCUT2D eigenvalue weighted by atomic mass is 35.5. The van der Waals surface area contributed by atoms with E-state index in [1.165, 1.54) is 4.90 Å². The molecule has 4 nitrogen and oxygen atoms in total. The number of nitrogens with zero attached hydrogens (tertiary/aromatic N) is 1. The monoisotopic (exact) mass is 216 g/mol. The van der Waals surface area contributed by atoms with Crippen molar-refractivity contribution in [3.63, 3.8) is 0 Å². The van der Waals surface area contributed by atoms with Crippen molar-refractivity contribution in [1.82, 2.24) is 10.2 Å². The summed E-state index contributed by atoms with van der Waals surface area (Å²) in [6, 6.07) is 0. The van der Waals surface area contributed by atoms with Crippen molar-refractivity contribution in [2.45, 2.75) is 19.4 Å². The number of rotatable bonds is 2. The summed E-state index contributed by atoms with van der Waals surface area (Å²) < 4.78 is 0. The molecule has 78 valence electrons. The van der Waals surface area contributed by atoms with E-state index in [1.807, 2.05) is 0 Å². The van der Waals surface area contributed by atoms with Gasteiger partial charge in [0.1, 0.15) is 12.1 Å². The van der Waals surface area contributed by atoms with Crippen LogP contribution in [0.15, 0.2) is 11.6 Å². The first-order chi connectivity index (χ1) is 6.33. The molecule has 0 saturated carbocycles. The first-order valence-corrected chi connectivity index (χ1v) is 4.64. The first kappa shape index (κ1) is 11.0. The molecule has 0 aromatic carbocycles. The molecule has 1 aliphatic heterocycles. The lowest BCUT2D eigenvalue weighted by molar-refractivity contribution is -0.147. The van der Waals surface area contributed by atoms with Gasteiger partial charge in [0.05, 0.1) is 6.54 Å². The Balaban J connectivity index is 2.81. The fourth-order valence-electron chi connectivity index (χ4n) is 1.42. The lowest BCUT2D eigenvalue weighted by Crippen LogP contribution is -2.63. The van der Waals surface area contributed by atoms with Gasteiger partial charge in [-0.2, -0.15) is 0 Å². The van der Waals surface area contributed by atoms with Crippen LogP contribution >= 0.6 is 11.6 Å². The standard InChI is InChI=1S/C9H13ClN2O2/c1-6(10)4-12-5-7(13)11-9(2,3)8(12)14/h1,4-5H2,2-3H3,(H,11,13). The van der Waals surface area contributed by atoms with E-state index in [0.717, 1.165) is 0 Å². The van der Waals surface area contributed by atoms with Crippen LogP contribution in [0, 0.1) is 0 Å². The molecule has 0 spiro atoms. The summed E-state index contributed by atoms with van der Waals surface area (Å²) >= 11 is 5.60. The zero-order valence-electron chi connectivity index (χ0n) is 8.26. The Kier molecular flexibility index (Phi) is 2.85. The quantitative estimate of drug-likeness (QED) is 0.730. The number of amides is 2. The van der Waals surface area contributed by atoms with Gasteiger partial charge < -0.3 is 10.2 Å². The summed E-state index contributed by atoms with van der Waals surface area (Å²) in [6.45, 7) is 7.09. The lowest BCUT2D eigenvalue weighted by atomic mass is 10.0. The van der Waals surface area contributed by atoms with E-state index in [1.54, 1.807) is 13.8 Å². The fourth-order valence-corrected chi connectivity index (χ4v) is 1.56. The summed E-state index contributed by atoms with van der Waals surface area (Å²) in [5.41, 5.74) is -0.846. The molecule has 1 fully saturated rings. The van der Waals surface area contributed by atoms with Gasteiger partial charge in [-0.15, -0.1) is 0 Å². The predicted molar refractivity (Wildman–Crippen MR) is 53.8 cm³/mol. The average molecular weight is 217 g/mol. The molecule has 1 saturated heterocycles. The molecule has 0 unspecified atom stereocenters. The van der Waals surface area contributed by atoms with Gasteiger partial charge in [0, 0.05) is 5.03 Å². The molecule has 0 bridgehead atoms. The van der Waals surface area contributed by atoms with E-state index >= 15 is 0 Å². The average Bonchev–Trinajstić information content (AvgIpc) is 1.97. The minimum Gasteiger partial charge on any atom is -0.341 e. The Morgan fingerprint density at radius 3 is 2.71 bits per heavy atom. The van der Waals surface area contributed by atoms with Crippen LogP contribution in [0.1, 0.15) is 13.8 Å². The number of piperazine rings is 1. The molecule has 5 heteroatoms. The number of hydrogen-bond acceptors (Lipinski definition) is 2. The van der Waals surface area contributed by atoms with Crippen molar-refractivity contribution in [2.75, 3.05) is 13.1 Å². The molecule has 0 atom stereocenters. The maximum atomic E-state index is 11.7. The van der Waals surface area contributed by atoms with Crippen LogP contribution in [0.3, 0.4) is 0 Å². The normalized spacial score (nSPS) is 20.6. The molecule has 0 aliphatic carbocycles. The summed E-state index contributed by atoms with van der Waals surface area (Å²) in [5.74, 6) is -0.314. The minimum atomic E-state index is -0.846. The molecule has 1 aliphatic rings. The van der Waals surface area contributed by atoms with E-state index in [2.05, 4.69) is 11.9 Å². The van der Waals surface area contributed by atoms with Crippen LogP contribution in [-0.2, 0) is 9.59 Å². The second-order valence-corrected chi connectivity index (χ2v) is 4.39. The topological polar surface area (TPSA) is 49.4 Å². The molecular formula is C9H13ClN2O2. The maximum absolute atomic E-state index is 11.7. The highest BCUT2D eigenvalue weighted by Gasteiger charge is 2.38. The second kappa shape index (κ2) is 3.61. The number of carbonyl (C=O) groups is 2. The molecular weight excluding hydrogens is 204 g/mol. The molecule has 1 rings (SSSR count). The van der Waals surface area contributed by atoms with Crippen molar-refractivity contribution in [3.05, 3.63) is 11.6 Å². The SMILES string of the molecule is C=C(Cl)CN1CC(=O)NC(C)(C)C1=O. The van der Waals surface area contributed by atoms with E-state index < -0.39 is 5.54 Å². The van der Waals surface area contributed by atoms with Crippen LogP contribution in [0.2, 0.25) is 0 Å². The predicted octanol–water partition coefficient (Wildman–Crippen LogP) is 0.476. The molecule has 1 N–H and O–H groups in total. The van der Waals surface area contributed by atoms with E-state index in [-0.39, 0.29) is 24.9 Å². The third-order valence-corrected chi connectivity index (χ3v) is 2.09. The van der Waals surface area contributed by atoms with Crippen molar-refractivity contribution in [2.24, 2.45) is 0 Å². The molecule has 2 amide bonds. The summed E-state index contributed by atoms with van der Waals surface area (Å²) in [7, 11) is 0. The van der Waals surface area contributed by atoms with Crippen LogP contribution in [0.4, 0.5) is 0 Å². The van der Waals surface area contributed by atoms with E-state index in [9.17, 15) is 9.59 Å². The minimum absolute atomic E-state index is 0.0496. The van der Waals surface area contributed by atoms with Crippen molar-refractivity contribution in [1.29, 1.82) is 0 Å². The largest absolute Gasteiger partial charge is 0.341 e. The van der Waals surface area contributed by atoms with E-state index in [4.69, 9.17) is 11.6 Å². The van der Waals surface area contributed by atoms with Crippen LogP contribution in [-0.4, -0.2) is 35.3 Å². The van der Waals surface area contributed by atoms with Gasteiger partial charge in [0.15, 0.2) is 0 Å². The Labute approximate surface area is 87.9 Å². The Hall–Kier alpha value is -1.03. The van der Waals surface area contributed by atoms with Gasteiger partial charge >= 0.3 is 0 Å². The van der Waals surface area contributed by atoms with Crippen LogP contribution in [0.5, 0.6) is 0 Å². The van der Waals surface area contributed by atoms with Gasteiger partial charge in [-0.1, -0.05) is 18.2 Å². The molecule has 1 heterocycles. The second-order valence-electron chi connectivity index (χ2n) is 3.85. The maximum Gasteiger partial charge on any atom is 0.248 e. The molecule has 14 heavy (non-hydrogen) atoms. The summed E-state index contributed by atoms with van der Waals surface area (Å²) in [5, 5.41) is 2.96. The number of carbonyl (C=O) groups excluding carboxylic acids is 2. The van der Waals surface area contributed by atoms with Crippen LogP contribution < -0.4 is 5.32 Å². The Morgan fingerprint density at radius 2 is 2.21 bits per heavy atom. The summed E-state index contributed by atoms with van der Waals surface area (Å²) in [6.07, 6.45) is 0. The zero-order chi connectivity index (χ0) is 10.9. The molecule has 0 aromatic rings. The first-order valence-electron chi connectivity index (χ1n) is 4.26. The molecule has 0 aromatic heterocycles. The lowest BCUT2D eigenvalue weighted by Gasteiger charge is -2.37. The van der Waals surface area contributed by atoms with Gasteiger partial charge in [0.2, 0.25) is 11.8 Å². The fraction of sp³-hybridized carbons (Fsp3) is 0.556. The number of halogens is 1. The van der Waals surface area contributed by atoms with Crippen molar-refractivity contribution in [3.8, 4) is 0 Å². The Morgan fingerprint density at radius 1 is 1.64 bits per heavy atom. The van der Waals surface area contributed by atoms with Crippen molar-refractivity contribution >= 4 is 23.4 Å². The third kappa shape index (κ3) is 2.26. The third-order valence-electron chi connectivity index (χ3n) is 1.97. The van der Waals surface area contributed by atoms with Gasteiger partial charge in [-0.05, 0) is 13.8 Å². The van der Waals surface area contributed by atoms with Gasteiger partial charge in [-0.3, -0.25) is 9.59 Å². The van der Waals surface area contributed by atoms with Crippen LogP contribution in [0.25, 0.3) is 0 Å². The van der Waals surface area contributed by atoms with E-state index in [0.29, 0.717) is 5.03 Å². The zero-order valence-corrected chi connectivity index (χ0v) is 9.02. The van der Waals surface area contributed by atoms with Crippen molar-refractivity contribution < 1.29 is 9.59 Å². The number of nitrogens with one attached hydrogen (secondary N) is 1. The highest BCUT2D eigenvalue weighted by Crippen LogP contribution is 2.14. The van der Waals surface area contributed by atoms with Gasteiger partial charge in [0.25, 0.3) is 0 Å². The smallest absolute Gasteiger partial charge is 0.248 e. The Bertz CT molecular complexity index is 297. The number of hydrogen-bond donors (Lipinski definition) is 1. The van der Waals surface area contributed by atoms with Gasteiger partial charge in [-0.25, -0.2) is 0 Å². The summed E-state index contributed by atoms with van der Waals surface area (Å²) in [4.78, 5) is 24.4.